The number of aromatic nitrogens is 3. The van der Waals surface area contributed by atoms with Crippen molar-refractivity contribution in [3.63, 3.8) is 0 Å². The number of pyridine rings is 1. The Bertz CT molecular complexity index is 569. The van der Waals surface area contributed by atoms with Crippen LogP contribution in [0.4, 0.5) is 4.79 Å². The van der Waals surface area contributed by atoms with E-state index < -0.39 is 0 Å². The zero-order valence-corrected chi connectivity index (χ0v) is 11.8. The summed E-state index contributed by atoms with van der Waals surface area (Å²) in [6, 6.07) is 3.92. The predicted molar refractivity (Wildman–Crippen MR) is 78.4 cm³/mol. The van der Waals surface area contributed by atoms with Gasteiger partial charge in [0.25, 0.3) is 0 Å². The third-order valence-corrected chi connectivity index (χ3v) is 3.83. The first-order chi connectivity index (χ1) is 10.3. The van der Waals surface area contributed by atoms with Gasteiger partial charge >= 0.3 is 6.03 Å². The Hall–Kier alpha value is -2.37. The fraction of sp³-hybridized carbons (Fsp3) is 0.400. The van der Waals surface area contributed by atoms with Gasteiger partial charge in [-0.15, -0.1) is 0 Å². The van der Waals surface area contributed by atoms with Gasteiger partial charge in [-0.05, 0) is 30.9 Å². The van der Waals surface area contributed by atoms with Crippen molar-refractivity contribution in [2.45, 2.75) is 31.8 Å². The van der Waals surface area contributed by atoms with E-state index in [1.165, 1.54) is 0 Å². The van der Waals surface area contributed by atoms with Crippen LogP contribution >= 0.6 is 0 Å². The molecule has 21 heavy (non-hydrogen) atoms. The molecule has 1 atom stereocenters. The number of nitrogens with zero attached hydrogens (tertiary/aromatic N) is 3. The average molecular weight is 285 g/mol. The van der Waals surface area contributed by atoms with Gasteiger partial charge in [-0.3, -0.25) is 10.1 Å². The fourth-order valence-electron chi connectivity index (χ4n) is 2.75. The molecule has 6 nitrogen and oxygen atoms in total. The minimum absolute atomic E-state index is 0.0234. The molecule has 0 aromatic carbocycles. The number of urea groups is 1. The number of nitrogens with one attached hydrogen (secondary N) is 2. The molecular formula is C15H19N5O. The lowest BCUT2D eigenvalue weighted by Crippen LogP contribution is -2.44. The van der Waals surface area contributed by atoms with E-state index in [0.29, 0.717) is 6.54 Å². The molecule has 6 heteroatoms. The quantitative estimate of drug-likeness (QED) is 0.908. The van der Waals surface area contributed by atoms with Crippen LogP contribution in [0.3, 0.4) is 0 Å². The van der Waals surface area contributed by atoms with Crippen molar-refractivity contribution in [1.29, 1.82) is 0 Å². The van der Waals surface area contributed by atoms with E-state index in [1.807, 2.05) is 23.2 Å². The minimum Gasteiger partial charge on any atom is -0.334 e. The lowest BCUT2D eigenvalue weighted by molar-refractivity contribution is 0.151. The molecule has 110 valence electrons. The fourth-order valence-corrected chi connectivity index (χ4v) is 2.75. The number of carbonyl (C=O) groups is 1. The maximum absolute atomic E-state index is 12.4. The van der Waals surface area contributed by atoms with Gasteiger partial charge in [0.2, 0.25) is 0 Å². The van der Waals surface area contributed by atoms with Gasteiger partial charge in [0.15, 0.2) is 0 Å². The van der Waals surface area contributed by atoms with Crippen molar-refractivity contribution in [3.05, 3.63) is 48.0 Å². The molecule has 0 bridgehead atoms. The van der Waals surface area contributed by atoms with Crippen molar-refractivity contribution < 1.29 is 4.79 Å². The number of likely N-dealkylation sites (tertiary alicyclic amines) is 1. The highest BCUT2D eigenvalue weighted by Gasteiger charge is 2.28. The van der Waals surface area contributed by atoms with Crippen LogP contribution < -0.4 is 5.32 Å². The van der Waals surface area contributed by atoms with Gasteiger partial charge in [0.1, 0.15) is 0 Å². The summed E-state index contributed by atoms with van der Waals surface area (Å²) in [7, 11) is 0. The zero-order valence-electron chi connectivity index (χ0n) is 11.8. The van der Waals surface area contributed by atoms with E-state index in [9.17, 15) is 4.79 Å². The van der Waals surface area contributed by atoms with Gasteiger partial charge in [-0.1, -0.05) is 6.07 Å². The lowest BCUT2D eigenvalue weighted by atomic mass is 9.98. The van der Waals surface area contributed by atoms with Crippen molar-refractivity contribution >= 4 is 6.03 Å². The molecule has 2 amide bonds. The molecule has 1 aliphatic heterocycles. The number of amides is 2. The molecule has 0 radical (unpaired) electrons. The van der Waals surface area contributed by atoms with Crippen LogP contribution in [0.15, 0.2) is 36.9 Å². The number of hydrogen-bond donors (Lipinski definition) is 2. The second kappa shape index (κ2) is 6.39. The molecule has 0 aliphatic carbocycles. The summed E-state index contributed by atoms with van der Waals surface area (Å²) < 4.78 is 0. The number of rotatable bonds is 3. The molecule has 1 saturated heterocycles. The van der Waals surface area contributed by atoms with E-state index >= 15 is 0 Å². The Labute approximate surface area is 123 Å². The second-order valence-electron chi connectivity index (χ2n) is 5.26. The summed E-state index contributed by atoms with van der Waals surface area (Å²) in [6.07, 6.45) is 10.3. The predicted octanol–water partition coefficient (Wildman–Crippen LogP) is 2.24. The monoisotopic (exact) mass is 285 g/mol. The van der Waals surface area contributed by atoms with Gasteiger partial charge in [0.05, 0.1) is 12.2 Å². The van der Waals surface area contributed by atoms with Gasteiger partial charge in [-0.25, -0.2) is 4.79 Å². The largest absolute Gasteiger partial charge is 0.334 e. The molecule has 3 rings (SSSR count). The number of H-pyrrole nitrogens is 1. The number of piperidine rings is 1. The molecular weight excluding hydrogens is 266 g/mol. The highest BCUT2D eigenvalue weighted by atomic mass is 16.2. The summed E-state index contributed by atoms with van der Waals surface area (Å²) in [5, 5.41) is 9.80. The normalized spacial score (nSPS) is 18.5. The van der Waals surface area contributed by atoms with Gasteiger partial charge in [-0.2, -0.15) is 5.10 Å². The van der Waals surface area contributed by atoms with Crippen molar-refractivity contribution in [1.82, 2.24) is 25.4 Å². The standard InChI is InChI=1S/C15H19N5O/c21-15(17-9-12-4-3-6-16-8-12)20-7-2-1-5-14(20)13-10-18-19-11-13/h3-4,6,8,10-11,14H,1-2,5,7,9H2,(H,17,21)(H,18,19)/t14-/m1/s1. The Morgan fingerprint density at radius 3 is 3.14 bits per heavy atom. The highest BCUT2D eigenvalue weighted by Crippen LogP contribution is 2.30. The van der Waals surface area contributed by atoms with E-state index in [4.69, 9.17) is 0 Å². The molecule has 1 fully saturated rings. The summed E-state index contributed by atoms with van der Waals surface area (Å²) >= 11 is 0. The van der Waals surface area contributed by atoms with Crippen molar-refractivity contribution in [2.75, 3.05) is 6.54 Å². The molecule has 0 unspecified atom stereocenters. The summed E-state index contributed by atoms with van der Waals surface area (Å²) in [5.41, 5.74) is 2.08. The van der Waals surface area contributed by atoms with E-state index in [1.54, 1.807) is 18.6 Å². The van der Waals surface area contributed by atoms with Crippen LogP contribution in [0, 0.1) is 0 Å². The summed E-state index contributed by atoms with van der Waals surface area (Å²) in [5.74, 6) is 0. The summed E-state index contributed by atoms with van der Waals surface area (Å²) in [6.45, 7) is 1.29. The Morgan fingerprint density at radius 1 is 1.43 bits per heavy atom. The second-order valence-corrected chi connectivity index (χ2v) is 5.26. The van der Waals surface area contributed by atoms with E-state index in [-0.39, 0.29) is 12.1 Å². The van der Waals surface area contributed by atoms with Crippen molar-refractivity contribution in [2.24, 2.45) is 0 Å². The maximum atomic E-state index is 12.4. The highest BCUT2D eigenvalue weighted by molar-refractivity contribution is 5.74. The number of aromatic amines is 1. The zero-order chi connectivity index (χ0) is 14.5. The number of hydrogen-bond acceptors (Lipinski definition) is 3. The van der Waals surface area contributed by atoms with Gasteiger partial charge in [0, 0.05) is 37.2 Å². The van der Waals surface area contributed by atoms with Crippen LogP contribution in [0.1, 0.15) is 36.4 Å². The van der Waals surface area contributed by atoms with E-state index in [2.05, 4.69) is 20.5 Å². The topological polar surface area (TPSA) is 73.9 Å². The maximum Gasteiger partial charge on any atom is 0.318 e. The molecule has 2 aromatic rings. The minimum atomic E-state index is -0.0234. The Kier molecular flexibility index (Phi) is 4.14. The van der Waals surface area contributed by atoms with Crippen LogP contribution in [0.25, 0.3) is 0 Å². The molecule has 1 aliphatic rings. The first kappa shape index (κ1) is 13.6. The summed E-state index contributed by atoms with van der Waals surface area (Å²) in [4.78, 5) is 18.4. The molecule has 2 N–H and O–H groups in total. The third-order valence-electron chi connectivity index (χ3n) is 3.83. The Balaban J connectivity index is 1.64. The third kappa shape index (κ3) is 3.21. The first-order valence-electron chi connectivity index (χ1n) is 7.26. The van der Waals surface area contributed by atoms with Crippen LogP contribution in [-0.2, 0) is 6.54 Å². The van der Waals surface area contributed by atoms with Gasteiger partial charge < -0.3 is 10.2 Å². The van der Waals surface area contributed by atoms with E-state index in [0.717, 1.165) is 36.9 Å². The smallest absolute Gasteiger partial charge is 0.318 e. The molecule has 0 spiro atoms. The first-order valence-corrected chi connectivity index (χ1v) is 7.26. The van der Waals surface area contributed by atoms with Crippen molar-refractivity contribution in [3.8, 4) is 0 Å². The Morgan fingerprint density at radius 2 is 2.38 bits per heavy atom. The molecule has 3 heterocycles. The molecule has 0 saturated carbocycles. The van der Waals surface area contributed by atoms with Crippen LogP contribution in [0.2, 0.25) is 0 Å². The average Bonchev–Trinajstić information content (AvgIpc) is 3.08. The SMILES string of the molecule is O=C(NCc1cccnc1)N1CCCC[C@@H]1c1cn[nH]c1. The lowest BCUT2D eigenvalue weighted by Gasteiger charge is -2.35. The number of carbonyl (C=O) groups excluding carboxylic acids is 1. The molecule has 2 aromatic heterocycles. The van der Waals surface area contributed by atoms with Crippen LogP contribution in [0.5, 0.6) is 0 Å². The van der Waals surface area contributed by atoms with Crippen LogP contribution in [-0.4, -0.2) is 32.7 Å².